The molecule has 1 aromatic carbocycles. The second-order valence-electron chi connectivity index (χ2n) is 4.43. The van der Waals surface area contributed by atoms with Gasteiger partial charge in [0.05, 0.1) is 13.0 Å². The monoisotopic (exact) mass is 273 g/mol. The number of carboxylic acid groups (broad SMARTS) is 1. The van der Waals surface area contributed by atoms with Gasteiger partial charge in [0.2, 0.25) is 0 Å². The van der Waals surface area contributed by atoms with Crippen LogP contribution in [0.3, 0.4) is 0 Å². The van der Waals surface area contributed by atoms with Crippen LogP contribution >= 0.6 is 0 Å². The van der Waals surface area contributed by atoms with Crippen molar-refractivity contribution in [3.05, 3.63) is 47.8 Å². The molecular formula is C14H15N3O3. The molecule has 0 spiro atoms. The van der Waals surface area contributed by atoms with Gasteiger partial charge in [-0.2, -0.15) is 5.10 Å². The third kappa shape index (κ3) is 3.68. The second kappa shape index (κ2) is 6.01. The average Bonchev–Trinajstić information content (AvgIpc) is 2.88. The molecular weight excluding hydrogens is 258 g/mol. The van der Waals surface area contributed by atoms with Crippen LogP contribution in [0.2, 0.25) is 0 Å². The lowest BCUT2D eigenvalue weighted by molar-refractivity contribution is -0.137. The molecule has 6 nitrogen and oxygen atoms in total. The highest BCUT2D eigenvalue weighted by molar-refractivity contribution is 6.02. The minimum atomic E-state index is -0.897. The van der Waals surface area contributed by atoms with Gasteiger partial charge in [-0.15, -0.1) is 0 Å². The SMILES string of the molecule is Cc1ccc(NC(=O)c2ccn(CCC(=O)O)n2)cc1. The molecule has 0 aliphatic rings. The molecule has 2 rings (SSSR count). The van der Waals surface area contributed by atoms with Crippen molar-refractivity contribution >= 4 is 17.6 Å². The molecule has 0 aliphatic carbocycles. The van der Waals surface area contributed by atoms with Crippen LogP contribution in [0.25, 0.3) is 0 Å². The van der Waals surface area contributed by atoms with E-state index in [0.29, 0.717) is 5.69 Å². The highest BCUT2D eigenvalue weighted by Crippen LogP contribution is 2.10. The van der Waals surface area contributed by atoms with Crippen molar-refractivity contribution in [2.45, 2.75) is 19.9 Å². The summed E-state index contributed by atoms with van der Waals surface area (Å²) >= 11 is 0. The lowest BCUT2D eigenvalue weighted by atomic mass is 10.2. The molecule has 104 valence electrons. The van der Waals surface area contributed by atoms with Crippen LogP contribution in [0.4, 0.5) is 5.69 Å². The molecule has 1 aromatic heterocycles. The maximum Gasteiger partial charge on any atom is 0.305 e. The number of aliphatic carboxylic acids is 1. The van der Waals surface area contributed by atoms with Crippen LogP contribution in [0.1, 0.15) is 22.5 Å². The van der Waals surface area contributed by atoms with Gasteiger partial charge in [-0.25, -0.2) is 0 Å². The Balaban J connectivity index is 1.98. The van der Waals surface area contributed by atoms with Gasteiger partial charge in [-0.3, -0.25) is 14.3 Å². The number of carbonyl (C=O) groups excluding carboxylic acids is 1. The Morgan fingerprint density at radius 2 is 1.95 bits per heavy atom. The van der Waals surface area contributed by atoms with Crippen LogP contribution in [-0.2, 0) is 11.3 Å². The molecule has 2 aromatic rings. The Morgan fingerprint density at radius 3 is 2.60 bits per heavy atom. The van der Waals surface area contributed by atoms with Crippen LogP contribution in [0.5, 0.6) is 0 Å². The number of benzene rings is 1. The van der Waals surface area contributed by atoms with E-state index in [1.165, 1.54) is 4.68 Å². The summed E-state index contributed by atoms with van der Waals surface area (Å²) in [5.41, 5.74) is 2.07. The Kier molecular flexibility index (Phi) is 4.14. The van der Waals surface area contributed by atoms with Gasteiger partial charge in [0, 0.05) is 11.9 Å². The Morgan fingerprint density at radius 1 is 1.25 bits per heavy atom. The predicted molar refractivity (Wildman–Crippen MR) is 73.6 cm³/mol. The van der Waals surface area contributed by atoms with E-state index in [4.69, 9.17) is 5.11 Å². The number of rotatable bonds is 5. The smallest absolute Gasteiger partial charge is 0.305 e. The minimum Gasteiger partial charge on any atom is -0.481 e. The zero-order valence-electron chi connectivity index (χ0n) is 11.0. The van der Waals surface area contributed by atoms with Gasteiger partial charge < -0.3 is 10.4 Å². The maximum absolute atomic E-state index is 11.9. The van der Waals surface area contributed by atoms with Gasteiger partial charge in [-0.1, -0.05) is 17.7 Å². The number of amides is 1. The van der Waals surface area contributed by atoms with E-state index in [-0.39, 0.29) is 24.6 Å². The van der Waals surface area contributed by atoms with Crippen molar-refractivity contribution in [1.29, 1.82) is 0 Å². The molecule has 0 bridgehead atoms. The summed E-state index contributed by atoms with van der Waals surface area (Å²) < 4.78 is 1.44. The summed E-state index contributed by atoms with van der Waals surface area (Å²) in [4.78, 5) is 22.4. The van der Waals surface area contributed by atoms with Crippen molar-refractivity contribution < 1.29 is 14.7 Å². The summed E-state index contributed by atoms with van der Waals surface area (Å²) in [6, 6.07) is 9.00. The molecule has 1 amide bonds. The van der Waals surface area contributed by atoms with Crippen molar-refractivity contribution in [3.63, 3.8) is 0 Å². The average molecular weight is 273 g/mol. The van der Waals surface area contributed by atoms with Gasteiger partial charge in [-0.05, 0) is 25.1 Å². The summed E-state index contributed by atoms with van der Waals surface area (Å²) in [6.45, 7) is 2.21. The first-order chi connectivity index (χ1) is 9.54. The number of carboxylic acids is 1. The van der Waals surface area contributed by atoms with Crippen LogP contribution in [-0.4, -0.2) is 26.8 Å². The molecule has 0 fully saturated rings. The van der Waals surface area contributed by atoms with Gasteiger partial charge in [0.1, 0.15) is 0 Å². The van der Waals surface area contributed by atoms with Crippen LogP contribution in [0.15, 0.2) is 36.5 Å². The number of nitrogens with zero attached hydrogens (tertiary/aromatic N) is 2. The van der Waals surface area contributed by atoms with Gasteiger partial charge >= 0.3 is 5.97 Å². The van der Waals surface area contributed by atoms with E-state index in [1.54, 1.807) is 12.3 Å². The van der Waals surface area contributed by atoms with Crippen molar-refractivity contribution in [3.8, 4) is 0 Å². The van der Waals surface area contributed by atoms with E-state index in [9.17, 15) is 9.59 Å². The first-order valence-electron chi connectivity index (χ1n) is 6.18. The Hall–Kier alpha value is -2.63. The molecule has 0 radical (unpaired) electrons. The molecule has 2 N–H and O–H groups in total. The van der Waals surface area contributed by atoms with Crippen molar-refractivity contribution in [2.75, 3.05) is 5.32 Å². The summed E-state index contributed by atoms with van der Waals surface area (Å²) in [7, 11) is 0. The van der Waals surface area contributed by atoms with Gasteiger partial charge in [0.15, 0.2) is 5.69 Å². The number of aryl methyl sites for hydroxylation is 2. The topological polar surface area (TPSA) is 84.2 Å². The Bertz CT molecular complexity index is 617. The first kappa shape index (κ1) is 13.8. The molecule has 6 heteroatoms. The normalized spacial score (nSPS) is 10.2. The fourth-order valence-electron chi connectivity index (χ4n) is 1.65. The number of hydrogen-bond acceptors (Lipinski definition) is 3. The summed E-state index contributed by atoms with van der Waals surface area (Å²) in [6.07, 6.45) is 1.56. The Labute approximate surface area is 116 Å². The van der Waals surface area contributed by atoms with Crippen molar-refractivity contribution in [2.24, 2.45) is 0 Å². The van der Waals surface area contributed by atoms with Gasteiger partial charge in [0.25, 0.3) is 5.91 Å². The van der Waals surface area contributed by atoms with Crippen LogP contribution in [0, 0.1) is 6.92 Å². The largest absolute Gasteiger partial charge is 0.481 e. The molecule has 0 aliphatic heterocycles. The predicted octanol–water partition coefficient (Wildman–Crippen LogP) is 1.92. The maximum atomic E-state index is 11.9. The summed E-state index contributed by atoms with van der Waals surface area (Å²) in [5.74, 6) is -1.21. The van der Waals surface area contributed by atoms with E-state index >= 15 is 0 Å². The zero-order chi connectivity index (χ0) is 14.5. The van der Waals surface area contributed by atoms with E-state index in [0.717, 1.165) is 5.56 Å². The lowest BCUT2D eigenvalue weighted by Gasteiger charge is -2.03. The highest BCUT2D eigenvalue weighted by atomic mass is 16.4. The molecule has 0 saturated carbocycles. The highest BCUT2D eigenvalue weighted by Gasteiger charge is 2.10. The minimum absolute atomic E-state index is 0.0271. The standard InChI is InChI=1S/C14H15N3O3/c1-10-2-4-11(5-3-10)15-14(20)12-6-8-17(16-12)9-7-13(18)19/h2-6,8H,7,9H2,1H3,(H,15,20)(H,18,19). The molecule has 0 saturated heterocycles. The zero-order valence-corrected chi connectivity index (χ0v) is 11.0. The number of hydrogen-bond donors (Lipinski definition) is 2. The third-order valence-corrected chi connectivity index (χ3v) is 2.74. The molecule has 1 heterocycles. The quantitative estimate of drug-likeness (QED) is 0.871. The number of anilines is 1. The van der Waals surface area contributed by atoms with E-state index in [1.807, 2.05) is 31.2 Å². The second-order valence-corrected chi connectivity index (χ2v) is 4.43. The molecule has 0 unspecified atom stereocenters. The molecule has 0 atom stereocenters. The third-order valence-electron chi connectivity index (χ3n) is 2.74. The summed E-state index contributed by atoms with van der Waals surface area (Å²) in [5, 5.41) is 15.4. The fraction of sp³-hybridized carbons (Fsp3) is 0.214. The first-order valence-corrected chi connectivity index (χ1v) is 6.18. The van der Waals surface area contributed by atoms with Crippen LogP contribution < -0.4 is 5.32 Å². The van der Waals surface area contributed by atoms with E-state index in [2.05, 4.69) is 10.4 Å². The number of aromatic nitrogens is 2. The fourth-order valence-corrected chi connectivity index (χ4v) is 1.65. The lowest BCUT2D eigenvalue weighted by Crippen LogP contribution is -2.13. The molecule has 20 heavy (non-hydrogen) atoms. The van der Waals surface area contributed by atoms with Crippen molar-refractivity contribution in [1.82, 2.24) is 9.78 Å². The van der Waals surface area contributed by atoms with E-state index < -0.39 is 5.97 Å². The number of nitrogens with one attached hydrogen (secondary N) is 1. The number of carbonyl (C=O) groups is 2.